The van der Waals surface area contributed by atoms with Gasteiger partial charge in [-0.15, -0.1) is 0 Å². The minimum Gasteiger partial charge on any atom is -0.445 e. The molecule has 1 aromatic rings. The summed E-state index contributed by atoms with van der Waals surface area (Å²) in [6, 6.07) is 7.45. The largest absolute Gasteiger partial charge is 0.445 e. The van der Waals surface area contributed by atoms with E-state index in [2.05, 4.69) is 4.90 Å². The molecule has 1 aliphatic carbocycles. The molecule has 2 aliphatic heterocycles. The zero-order chi connectivity index (χ0) is 19.6. The summed E-state index contributed by atoms with van der Waals surface area (Å²) in [6.45, 7) is 6.38. The van der Waals surface area contributed by atoms with Crippen LogP contribution in [0.5, 0.6) is 0 Å². The Hall–Kier alpha value is -1.88. The molecule has 0 aromatic heterocycles. The Bertz CT molecular complexity index is 728. The quantitative estimate of drug-likeness (QED) is 0.751. The fraction of sp³-hybridized carbons (Fsp3) is 0.652. The topological polar surface area (TPSA) is 49.9 Å². The minimum absolute atomic E-state index is 0.0464. The number of benzene rings is 1. The number of nitrogens with zero attached hydrogens (tertiary/aromatic N) is 2. The third-order valence-electron chi connectivity index (χ3n) is 6.65. The molecule has 5 heteroatoms. The van der Waals surface area contributed by atoms with Crippen molar-refractivity contribution in [2.45, 2.75) is 57.5 Å². The maximum Gasteiger partial charge on any atom is 0.339 e. The third kappa shape index (κ3) is 4.09. The molecule has 0 N–H and O–H groups in total. The molecule has 1 saturated carbocycles. The van der Waals surface area contributed by atoms with E-state index in [1.807, 2.05) is 23.1 Å². The summed E-state index contributed by atoms with van der Waals surface area (Å²) < 4.78 is 5.66. The Balaban J connectivity index is 1.39. The van der Waals surface area contributed by atoms with Crippen LogP contribution in [0.1, 0.15) is 61.4 Å². The van der Waals surface area contributed by atoms with Crippen LogP contribution in [0.25, 0.3) is 0 Å². The summed E-state index contributed by atoms with van der Waals surface area (Å²) >= 11 is 0. The van der Waals surface area contributed by atoms with Crippen LogP contribution < -0.4 is 0 Å². The second-order valence-corrected chi connectivity index (χ2v) is 8.90. The van der Waals surface area contributed by atoms with Gasteiger partial charge in [-0.25, -0.2) is 4.79 Å². The number of ether oxygens (including phenoxy) is 1. The van der Waals surface area contributed by atoms with Crippen LogP contribution in [0.2, 0.25) is 0 Å². The van der Waals surface area contributed by atoms with E-state index in [1.165, 1.54) is 38.6 Å². The predicted molar refractivity (Wildman–Crippen MR) is 108 cm³/mol. The zero-order valence-electron chi connectivity index (χ0n) is 17.0. The number of esters is 1. The van der Waals surface area contributed by atoms with Gasteiger partial charge in [-0.05, 0) is 50.3 Å². The maximum atomic E-state index is 13.3. The van der Waals surface area contributed by atoms with Gasteiger partial charge in [0.25, 0.3) is 5.91 Å². The predicted octanol–water partition coefficient (Wildman–Crippen LogP) is 3.27. The van der Waals surface area contributed by atoms with Gasteiger partial charge in [0.05, 0.1) is 5.56 Å². The summed E-state index contributed by atoms with van der Waals surface area (Å²) in [7, 11) is 0. The van der Waals surface area contributed by atoms with E-state index in [0.29, 0.717) is 12.0 Å². The lowest BCUT2D eigenvalue weighted by molar-refractivity contribution is -0.151. The molecule has 1 saturated heterocycles. The van der Waals surface area contributed by atoms with Crippen molar-refractivity contribution in [3.8, 4) is 0 Å². The van der Waals surface area contributed by atoms with E-state index in [0.717, 1.165) is 44.1 Å². The monoisotopic (exact) mass is 384 g/mol. The number of carbonyl (C=O) groups excluding carboxylic acids is 2. The Morgan fingerprint density at radius 2 is 1.86 bits per heavy atom. The van der Waals surface area contributed by atoms with Gasteiger partial charge >= 0.3 is 5.97 Å². The van der Waals surface area contributed by atoms with Gasteiger partial charge in [-0.1, -0.05) is 37.5 Å². The minimum atomic E-state index is -1.09. The molecular formula is C23H32N2O3. The molecule has 152 valence electrons. The SMILES string of the molecule is CC1(C(=O)N2CCCN(CC3CCCCC3)CC2)Cc2ccccc2C(=O)O1. The third-order valence-corrected chi connectivity index (χ3v) is 6.65. The van der Waals surface area contributed by atoms with E-state index in [9.17, 15) is 9.59 Å². The summed E-state index contributed by atoms with van der Waals surface area (Å²) in [5.74, 6) is 0.394. The van der Waals surface area contributed by atoms with Crippen molar-refractivity contribution in [1.29, 1.82) is 0 Å². The maximum absolute atomic E-state index is 13.3. The molecule has 1 amide bonds. The molecule has 1 unspecified atom stereocenters. The molecule has 0 spiro atoms. The highest BCUT2D eigenvalue weighted by Crippen LogP contribution is 2.30. The molecule has 3 aliphatic rings. The van der Waals surface area contributed by atoms with Crippen molar-refractivity contribution in [3.63, 3.8) is 0 Å². The highest BCUT2D eigenvalue weighted by Gasteiger charge is 2.45. The van der Waals surface area contributed by atoms with E-state index in [1.54, 1.807) is 13.0 Å². The highest BCUT2D eigenvalue weighted by molar-refractivity contribution is 5.97. The van der Waals surface area contributed by atoms with Crippen LogP contribution in [0.3, 0.4) is 0 Å². The van der Waals surface area contributed by atoms with Gasteiger partial charge in [-0.3, -0.25) is 4.79 Å². The molecule has 28 heavy (non-hydrogen) atoms. The molecule has 1 aromatic carbocycles. The van der Waals surface area contributed by atoms with Gasteiger partial charge in [0.2, 0.25) is 0 Å². The normalized spacial score (nSPS) is 27.0. The number of hydrogen-bond donors (Lipinski definition) is 0. The summed E-state index contributed by atoms with van der Waals surface area (Å²) in [5, 5.41) is 0. The average Bonchev–Trinajstić information content (AvgIpc) is 2.93. The number of fused-ring (bicyclic) bond motifs is 1. The van der Waals surface area contributed by atoms with Crippen LogP contribution in [-0.2, 0) is 16.0 Å². The van der Waals surface area contributed by atoms with Crippen LogP contribution in [0, 0.1) is 5.92 Å². The molecule has 1 atom stereocenters. The Labute approximate surface area is 168 Å². The molecule has 0 bridgehead atoms. The fourth-order valence-electron chi connectivity index (χ4n) is 5.08. The first kappa shape index (κ1) is 19.4. The lowest BCUT2D eigenvalue weighted by Crippen LogP contribution is -2.54. The summed E-state index contributed by atoms with van der Waals surface area (Å²) in [5.41, 5.74) is 0.398. The van der Waals surface area contributed by atoms with Gasteiger partial charge in [0.15, 0.2) is 5.60 Å². The smallest absolute Gasteiger partial charge is 0.339 e. The first-order chi connectivity index (χ1) is 13.5. The van der Waals surface area contributed by atoms with Crippen molar-refractivity contribution in [3.05, 3.63) is 35.4 Å². The van der Waals surface area contributed by atoms with Crippen LogP contribution in [0.4, 0.5) is 0 Å². The van der Waals surface area contributed by atoms with Crippen LogP contribution >= 0.6 is 0 Å². The number of amides is 1. The fourth-order valence-corrected chi connectivity index (χ4v) is 5.08. The van der Waals surface area contributed by atoms with Crippen molar-refractivity contribution < 1.29 is 14.3 Å². The molecular weight excluding hydrogens is 352 g/mol. The zero-order valence-corrected chi connectivity index (χ0v) is 17.0. The van der Waals surface area contributed by atoms with E-state index in [4.69, 9.17) is 4.74 Å². The van der Waals surface area contributed by atoms with Gasteiger partial charge < -0.3 is 14.5 Å². The second-order valence-electron chi connectivity index (χ2n) is 8.90. The van der Waals surface area contributed by atoms with Crippen molar-refractivity contribution in [1.82, 2.24) is 9.80 Å². The molecule has 5 nitrogen and oxygen atoms in total. The molecule has 2 heterocycles. The lowest BCUT2D eigenvalue weighted by Gasteiger charge is -2.37. The van der Waals surface area contributed by atoms with Crippen molar-refractivity contribution in [2.24, 2.45) is 5.92 Å². The van der Waals surface area contributed by atoms with Crippen LogP contribution in [-0.4, -0.2) is 60.0 Å². The second kappa shape index (κ2) is 8.24. The Morgan fingerprint density at radius 3 is 2.68 bits per heavy atom. The number of rotatable bonds is 3. The summed E-state index contributed by atoms with van der Waals surface area (Å²) in [6.07, 6.45) is 8.27. The Morgan fingerprint density at radius 1 is 1.07 bits per heavy atom. The molecule has 4 rings (SSSR count). The number of hydrogen-bond acceptors (Lipinski definition) is 4. The molecule has 2 fully saturated rings. The van der Waals surface area contributed by atoms with E-state index < -0.39 is 5.60 Å². The first-order valence-electron chi connectivity index (χ1n) is 10.9. The van der Waals surface area contributed by atoms with Gasteiger partial charge in [0.1, 0.15) is 0 Å². The standard InChI is InChI=1S/C23H32N2O3/c1-23(16-19-10-5-6-11-20(19)21(26)28-23)22(27)25-13-7-12-24(14-15-25)17-18-8-3-2-4-9-18/h5-6,10-11,18H,2-4,7-9,12-17H2,1H3. The lowest BCUT2D eigenvalue weighted by atomic mass is 9.89. The van der Waals surface area contributed by atoms with Gasteiger partial charge in [0, 0.05) is 32.6 Å². The van der Waals surface area contributed by atoms with Crippen LogP contribution in [0.15, 0.2) is 24.3 Å². The molecule has 0 radical (unpaired) electrons. The summed E-state index contributed by atoms with van der Waals surface area (Å²) in [4.78, 5) is 30.2. The highest BCUT2D eigenvalue weighted by atomic mass is 16.6. The average molecular weight is 385 g/mol. The van der Waals surface area contributed by atoms with E-state index >= 15 is 0 Å². The van der Waals surface area contributed by atoms with E-state index in [-0.39, 0.29) is 11.9 Å². The number of cyclic esters (lactones) is 1. The first-order valence-corrected chi connectivity index (χ1v) is 10.9. The Kier molecular flexibility index (Phi) is 5.72. The van der Waals surface area contributed by atoms with Gasteiger partial charge in [-0.2, -0.15) is 0 Å². The number of carbonyl (C=O) groups is 2. The van der Waals surface area contributed by atoms with Crippen molar-refractivity contribution in [2.75, 3.05) is 32.7 Å². The van der Waals surface area contributed by atoms with Crippen molar-refractivity contribution >= 4 is 11.9 Å².